The number of anilines is 1. The fraction of sp³-hybridized carbons (Fsp3) is 0.179. The number of benzene rings is 2. The van der Waals surface area contributed by atoms with E-state index in [0.29, 0.717) is 33.9 Å². The summed E-state index contributed by atoms with van der Waals surface area (Å²) >= 11 is 0. The molecule has 1 atom stereocenters. The Bertz CT molecular complexity index is 1420. The standard InChI is InChI=1S/C28H27F2N5O2/c1-18(22-9-3-4-10-23(22)30)31-16-27(36)34-26-12-6-11-24(33-26)20-14-25(35(2)17-20)28(37)32-15-19-7-5-8-21(29)13-19/h3-14,17-18,31H,15-16H2,1-2H3,(H,32,37)(H,33,34,36). The highest BCUT2D eigenvalue weighted by molar-refractivity contribution is 5.94. The third kappa shape index (κ3) is 6.65. The minimum atomic E-state index is -0.360. The van der Waals surface area contributed by atoms with Gasteiger partial charge in [-0.15, -0.1) is 0 Å². The van der Waals surface area contributed by atoms with Gasteiger partial charge in [-0.3, -0.25) is 9.59 Å². The first-order valence-corrected chi connectivity index (χ1v) is 11.7. The molecule has 1 unspecified atom stereocenters. The highest BCUT2D eigenvalue weighted by Crippen LogP contribution is 2.22. The van der Waals surface area contributed by atoms with E-state index in [9.17, 15) is 18.4 Å². The van der Waals surface area contributed by atoms with Gasteiger partial charge >= 0.3 is 0 Å². The molecule has 4 aromatic rings. The summed E-state index contributed by atoms with van der Waals surface area (Å²) in [5.41, 5.74) is 2.82. The molecule has 0 aliphatic carbocycles. The van der Waals surface area contributed by atoms with Crippen molar-refractivity contribution in [2.75, 3.05) is 11.9 Å². The van der Waals surface area contributed by atoms with Crippen molar-refractivity contribution in [3.63, 3.8) is 0 Å². The monoisotopic (exact) mass is 503 g/mol. The molecule has 0 bridgehead atoms. The zero-order chi connectivity index (χ0) is 26.4. The number of halogens is 2. The molecule has 0 fully saturated rings. The summed E-state index contributed by atoms with van der Waals surface area (Å²) in [4.78, 5) is 29.6. The van der Waals surface area contributed by atoms with Crippen molar-refractivity contribution in [1.82, 2.24) is 20.2 Å². The normalized spacial score (nSPS) is 11.7. The van der Waals surface area contributed by atoms with E-state index in [0.717, 1.165) is 0 Å². The molecule has 0 saturated carbocycles. The molecule has 9 heteroatoms. The summed E-state index contributed by atoms with van der Waals surface area (Å²) < 4.78 is 29.0. The van der Waals surface area contributed by atoms with Gasteiger partial charge in [-0.2, -0.15) is 0 Å². The van der Waals surface area contributed by atoms with E-state index in [4.69, 9.17) is 0 Å². The Kier molecular flexibility index (Phi) is 8.05. The number of amides is 2. The first-order chi connectivity index (χ1) is 17.8. The van der Waals surface area contributed by atoms with Gasteiger partial charge in [0.05, 0.1) is 12.2 Å². The van der Waals surface area contributed by atoms with Crippen molar-refractivity contribution in [3.8, 4) is 11.3 Å². The predicted octanol–water partition coefficient (Wildman–Crippen LogP) is 4.58. The van der Waals surface area contributed by atoms with Crippen molar-refractivity contribution < 1.29 is 18.4 Å². The van der Waals surface area contributed by atoms with Crippen LogP contribution in [0.25, 0.3) is 11.3 Å². The van der Waals surface area contributed by atoms with Crippen LogP contribution in [0.4, 0.5) is 14.6 Å². The smallest absolute Gasteiger partial charge is 0.268 e. The first kappa shape index (κ1) is 25.7. The zero-order valence-corrected chi connectivity index (χ0v) is 20.5. The van der Waals surface area contributed by atoms with Gasteiger partial charge in [-0.05, 0) is 48.9 Å². The Labute approximate surface area is 213 Å². The molecule has 0 aliphatic rings. The minimum Gasteiger partial charge on any atom is -0.347 e. The second-order valence-corrected chi connectivity index (χ2v) is 8.62. The molecule has 3 N–H and O–H groups in total. The molecule has 2 heterocycles. The molecule has 0 aliphatic heterocycles. The van der Waals surface area contributed by atoms with Crippen molar-refractivity contribution in [3.05, 3.63) is 107 Å². The maximum Gasteiger partial charge on any atom is 0.268 e. The molecule has 37 heavy (non-hydrogen) atoms. The summed E-state index contributed by atoms with van der Waals surface area (Å²) in [6, 6.07) is 19.0. The molecular formula is C28H27F2N5O2. The highest BCUT2D eigenvalue weighted by Gasteiger charge is 2.15. The number of hydrogen-bond donors (Lipinski definition) is 3. The number of aromatic nitrogens is 2. The summed E-state index contributed by atoms with van der Waals surface area (Å²) in [5, 5.41) is 8.54. The van der Waals surface area contributed by atoms with Crippen molar-refractivity contribution in [2.24, 2.45) is 7.05 Å². The molecule has 190 valence electrons. The highest BCUT2D eigenvalue weighted by atomic mass is 19.1. The molecule has 2 amide bonds. The molecule has 4 rings (SSSR count). The van der Waals surface area contributed by atoms with E-state index >= 15 is 0 Å². The van der Waals surface area contributed by atoms with E-state index in [1.807, 2.05) is 0 Å². The Hall–Kier alpha value is -4.37. The summed E-state index contributed by atoms with van der Waals surface area (Å²) in [6.45, 7) is 1.95. The van der Waals surface area contributed by atoms with Crippen LogP contribution < -0.4 is 16.0 Å². The third-order valence-corrected chi connectivity index (χ3v) is 5.83. The van der Waals surface area contributed by atoms with Gasteiger partial charge in [0.25, 0.3) is 5.91 Å². The second kappa shape index (κ2) is 11.6. The average Bonchev–Trinajstić information content (AvgIpc) is 3.28. The quantitative estimate of drug-likeness (QED) is 0.312. The lowest BCUT2D eigenvalue weighted by molar-refractivity contribution is -0.115. The molecule has 0 radical (unpaired) electrons. The van der Waals surface area contributed by atoms with Crippen molar-refractivity contribution in [1.29, 1.82) is 0 Å². The van der Waals surface area contributed by atoms with E-state index in [1.54, 1.807) is 79.3 Å². The van der Waals surface area contributed by atoms with E-state index < -0.39 is 0 Å². The fourth-order valence-electron chi connectivity index (χ4n) is 3.88. The van der Waals surface area contributed by atoms with Crippen LogP contribution in [-0.2, 0) is 18.4 Å². The minimum absolute atomic E-state index is 0.0254. The second-order valence-electron chi connectivity index (χ2n) is 8.62. The van der Waals surface area contributed by atoms with Crippen LogP contribution in [0.1, 0.15) is 34.6 Å². The lowest BCUT2D eigenvalue weighted by Gasteiger charge is -2.14. The van der Waals surface area contributed by atoms with E-state index in [1.165, 1.54) is 18.2 Å². The molecule has 2 aromatic carbocycles. The maximum absolute atomic E-state index is 13.9. The Morgan fingerprint density at radius 3 is 2.57 bits per heavy atom. The molecule has 0 spiro atoms. The van der Waals surface area contributed by atoms with Gasteiger partial charge in [0.15, 0.2) is 0 Å². The summed E-state index contributed by atoms with van der Waals surface area (Å²) in [7, 11) is 1.74. The Morgan fingerprint density at radius 2 is 1.78 bits per heavy atom. The van der Waals surface area contributed by atoms with Gasteiger partial charge in [0.1, 0.15) is 23.1 Å². The maximum atomic E-state index is 13.9. The van der Waals surface area contributed by atoms with Gasteiger partial charge in [-0.1, -0.05) is 36.4 Å². The number of aryl methyl sites for hydroxylation is 1. The molecular weight excluding hydrogens is 476 g/mol. The summed E-state index contributed by atoms with van der Waals surface area (Å²) in [5.74, 6) is -0.969. The number of nitrogens with zero attached hydrogens (tertiary/aromatic N) is 2. The average molecular weight is 504 g/mol. The van der Waals surface area contributed by atoms with Crippen LogP contribution in [0.5, 0.6) is 0 Å². The van der Waals surface area contributed by atoms with Crippen LogP contribution in [0.15, 0.2) is 79.0 Å². The lowest BCUT2D eigenvalue weighted by atomic mass is 10.1. The number of pyridine rings is 1. The van der Waals surface area contributed by atoms with Crippen LogP contribution in [-0.4, -0.2) is 27.9 Å². The first-order valence-electron chi connectivity index (χ1n) is 11.7. The Balaban J connectivity index is 1.37. The number of hydrogen-bond acceptors (Lipinski definition) is 4. The number of carbonyl (C=O) groups excluding carboxylic acids is 2. The van der Waals surface area contributed by atoms with Crippen LogP contribution >= 0.6 is 0 Å². The van der Waals surface area contributed by atoms with Gasteiger partial charge in [-0.25, -0.2) is 13.8 Å². The largest absolute Gasteiger partial charge is 0.347 e. The number of rotatable bonds is 9. The van der Waals surface area contributed by atoms with E-state index in [2.05, 4.69) is 20.9 Å². The third-order valence-electron chi connectivity index (χ3n) is 5.83. The molecule has 0 saturated heterocycles. The number of nitrogens with one attached hydrogen (secondary N) is 3. The van der Waals surface area contributed by atoms with Gasteiger partial charge < -0.3 is 20.5 Å². The van der Waals surface area contributed by atoms with Crippen LogP contribution in [0.2, 0.25) is 0 Å². The SMILES string of the molecule is CC(NCC(=O)Nc1cccc(-c2cc(C(=O)NCc3cccc(F)c3)n(C)c2)n1)c1ccccc1F. The van der Waals surface area contributed by atoms with E-state index in [-0.39, 0.29) is 42.6 Å². The molecule has 7 nitrogen and oxygen atoms in total. The summed E-state index contributed by atoms with van der Waals surface area (Å²) in [6.07, 6.45) is 1.77. The van der Waals surface area contributed by atoms with Gasteiger partial charge in [0, 0.05) is 37.0 Å². The van der Waals surface area contributed by atoms with Crippen LogP contribution in [0.3, 0.4) is 0 Å². The zero-order valence-electron chi connectivity index (χ0n) is 20.5. The predicted molar refractivity (Wildman–Crippen MR) is 138 cm³/mol. The Morgan fingerprint density at radius 1 is 1.00 bits per heavy atom. The van der Waals surface area contributed by atoms with Crippen LogP contribution in [0, 0.1) is 11.6 Å². The van der Waals surface area contributed by atoms with Crippen molar-refractivity contribution >= 4 is 17.6 Å². The fourth-order valence-corrected chi connectivity index (χ4v) is 3.88. The van der Waals surface area contributed by atoms with Gasteiger partial charge in [0.2, 0.25) is 5.91 Å². The van der Waals surface area contributed by atoms with Crippen molar-refractivity contribution in [2.45, 2.75) is 19.5 Å². The number of carbonyl (C=O) groups is 2. The topological polar surface area (TPSA) is 88.0 Å². The lowest BCUT2D eigenvalue weighted by Crippen LogP contribution is -2.30. The molecule has 2 aromatic heterocycles.